The van der Waals surface area contributed by atoms with Crippen molar-refractivity contribution < 1.29 is 0 Å². The van der Waals surface area contributed by atoms with Gasteiger partial charge in [-0.1, -0.05) is 19.4 Å². The van der Waals surface area contributed by atoms with Gasteiger partial charge < -0.3 is 10.3 Å². The molecule has 16 heavy (non-hydrogen) atoms. The Labute approximate surface area is 101 Å². The van der Waals surface area contributed by atoms with Crippen molar-refractivity contribution in [3.05, 3.63) is 46.4 Å². The lowest BCUT2D eigenvalue weighted by Gasteiger charge is -2.16. The maximum absolute atomic E-state index is 3.62. The molecule has 2 nitrogen and oxygen atoms in total. The summed E-state index contributed by atoms with van der Waals surface area (Å²) >= 11 is 1.84. The lowest BCUT2D eigenvalue weighted by atomic mass is 10.1. The summed E-state index contributed by atoms with van der Waals surface area (Å²) in [5.41, 5.74) is 1.32. The number of H-pyrrole nitrogens is 1. The molecular formula is C13H18N2S. The van der Waals surface area contributed by atoms with Crippen LogP contribution in [0.1, 0.15) is 36.2 Å². The molecule has 0 aliphatic carbocycles. The minimum atomic E-state index is 0.500. The van der Waals surface area contributed by atoms with Gasteiger partial charge in [0.25, 0.3) is 0 Å². The highest BCUT2D eigenvalue weighted by Gasteiger charge is 2.10. The molecule has 0 saturated carbocycles. The molecule has 0 bridgehead atoms. The molecule has 2 aromatic rings. The first kappa shape index (κ1) is 11.4. The van der Waals surface area contributed by atoms with E-state index in [9.17, 15) is 0 Å². The lowest BCUT2D eigenvalue weighted by molar-refractivity contribution is 0.500. The van der Waals surface area contributed by atoms with Crippen molar-refractivity contribution >= 4 is 11.3 Å². The molecule has 3 heteroatoms. The summed E-state index contributed by atoms with van der Waals surface area (Å²) in [4.78, 5) is 4.52. The molecule has 86 valence electrons. The van der Waals surface area contributed by atoms with Gasteiger partial charge in [0.1, 0.15) is 0 Å². The Morgan fingerprint density at radius 2 is 2.38 bits per heavy atom. The third-order valence-electron chi connectivity index (χ3n) is 2.68. The summed E-state index contributed by atoms with van der Waals surface area (Å²) < 4.78 is 0. The van der Waals surface area contributed by atoms with Gasteiger partial charge in [-0.05, 0) is 29.5 Å². The Hall–Kier alpha value is -1.06. The molecule has 2 aromatic heterocycles. The third kappa shape index (κ3) is 2.97. The number of thiophene rings is 1. The van der Waals surface area contributed by atoms with Gasteiger partial charge in [0.05, 0.1) is 0 Å². The smallest absolute Gasteiger partial charge is 0.0417 e. The highest BCUT2D eigenvalue weighted by molar-refractivity contribution is 7.10. The van der Waals surface area contributed by atoms with Crippen molar-refractivity contribution in [2.24, 2.45) is 0 Å². The van der Waals surface area contributed by atoms with E-state index in [4.69, 9.17) is 0 Å². The number of rotatable bonds is 6. The van der Waals surface area contributed by atoms with Gasteiger partial charge in [-0.25, -0.2) is 0 Å². The quantitative estimate of drug-likeness (QED) is 0.783. The summed E-state index contributed by atoms with van der Waals surface area (Å²) in [5, 5.41) is 5.76. The van der Waals surface area contributed by atoms with Crippen LogP contribution >= 0.6 is 11.3 Å². The van der Waals surface area contributed by atoms with E-state index in [1.165, 1.54) is 23.3 Å². The van der Waals surface area contributed by atoms with Gasteiger partial charge in [0.15, 0.2) is 0 Å². The Bertz CT molecular complexity index is 378. The zero-order chi connectivity index (χ0) is 11.2. The van der Waals surface area contributed by atoms with Crippen molar-refractivity contribution in [2.75, 3.05) is 0 Å². The number of hydrogen-bond donors (Lipinski definition) is 2. The highest BCUT2D eigenvalue weighted by Crippen LogP contribution is 2.23. The number of hydrogen-bond acceptors (Lipinski definition) is 2. The largest absolute Gasteiger partial charge is 0.367 e. The molecule has 0 aromatic carbocycles. The Kier molecular flexibility index (Phi) is 4.19. The molecule has 0 fully saturated rings. The van der Waals surface area contributed by atoms with Gasteiger partial charge >= 0.3 is 0 Å². The van der Waals surface area contributed by atoms with Crippen LogP contribution in [0.3, 0.4) is 0 Å². The summed E-state index contributed by atoms with van der Waals surface area (Å²) in [6.45, 7) is 3.17. The zero-order valence-electron chi connectivity index (χ0n) is 9.57. The van der Waals surface area contributed by atoms with Gasteiger partial charge in [0.2, 0.25) is 0 Å². The summed E-state index contributed by atoms with van der Waals surface area (Å²) in [5.74, 6) is 0. The van der Waals surface area contributed by atoms with Crippen molar-refractivity contribution in [1.29, 1.82) is 0 Å². The summed E-state index contributed by atoms with van der Waals surface area (Å²) in [6, 6.07) is 6.96. The van der Waals surface area contributed by atoms with Crippen molar-refractivity contribution in [3.8, 4) is 0 Å². The van der Waals surface area contributed by atoms with Crippen LogP contribution in [0.25, 0.3) is 0 Å². The standard InChI is InChI=1S/C13H18N2S/c1-2-4-12(13-5-3-8-16-13)15-10-11-6-7-14-9-11/h3,5-9,12,14-15H,2,4,10H2,1H3. The molecule has 1 atom stereocenters. The van der Waals surface area contributed by atoms with Crippen molar-refractivity contribution in [3.63, 3.8) is 0 Å². The fourth-order valence-corrected chi connectivity index (χ4v) is 2.67. The fourth-order valence-electron chi connectivity index (χ4n) is 1.83. The first-order valence-corrected chi connectivity index (χ1v) is 6.66. The van der Waals surface area contributed by atoms with Gasteiger partial charge in [-0.2, -0.15) is 0 Å². The highest BCUT2D eigenvalue weighted by atomic mass is 32.1. The maximum Gasteiger partial charge on any atom is 0.0417 e. The molecule has 0 radical (unpaired) electrons. The van der Waals surface area contributed by atoms with E-state index in [0.29, 0.717) is 6.04 Å². The minimum Gasteiger partial charge on any atom is -0.367 e. The van der Waals surface area contributed by atoms with Crippen molar-refractivity contribution in [2.45, 2.75) is 32.4 Å². The van der Waals surface area contributed by atoms with Crippen LogP contribution in [0.2, 0.25) is 0 Å². The maximum atomic E-state index is 3.62. The van der Waals surface area contributed by atoms with E-state index in [0.717, 1.165) is 6.54 Å². The minimum absolute atomic E-state index is 0.500. The summed E-state index contributed by atoms with van der Waals surface area (Å²) in [7, 11) is 0. The third-order valence-corrected chi connectivity index (χ3v) is 3.66. The molecule has 0 amide bonds. The second-order valence-electron chi connectivity index (χ2n) is 3.96. The molecule has 0 aliphatic rings. The molecule has 0 aliphatic heterocycles. The lowest BCUT2D eigenvalue weighted by Crippen LogP contribution is -2.19. The zero-order valence-corrected chi connectivity index (χ0v) is 10.4. The van der Waals surface area contributed by atoms with E-state index in [2.05, 4.69) is 40.8 Å². The fraction of sp³-hybridized carbons (Fsp3) is 0.385. The van der Waals surface area contributed by atoms with E-state index in [1.54, 1.807) is 0 Å². The average molecular weight is 234 g/mol. The number of aromatic amines is 1. The van der Waals surface area contributed by atoms with Crippen LogP contribution < -0.4 is 5.32 Å². The monoisotopic (exact) mass is 234 g/mol. The Morgan fingerprint density at radius 3 is 3.00 bits per heavy atom. The topological polar surface area (TPSA) is 27.8 Å². The number of nitrogens with one attached hydrogen (secondary N) is 2. The molecule has 1 unspecified atom stereocenters. The molecule has 2 N–H and O–H groups in total. The predicted octanol–water partition coefficient (Wildman–Crippen LogP) is 3.71. The van der Waals surface area contributed by atoms with Crippen LogP contribution in [0.4, 0.5) is 0 Å². The molecular weight excluding hydrogens is 216 g/mol. The van der Waals surface area contributed by atoms with E-state index in [-0.39, 0.29) is 0 Å². The van der Waals surface area contributed by atoms with Crippen LogP contribution in [0.5, 0.6) is 0 Å². The first-order valence-electron chi connectivity index (χ1n) is 5.78. The predicted molar refractivity (Wildman–Crippen MR) is 69.6 cm³/mol. The van der Waals surface area contributed by atoms with Crippen LogP contribution in [-0.2, 0) is 6.54 Å². The molecule has 2 rings (SSSR count). The normalized spacial score (nSPS) is 12.8. The van der Waals surface area contributed by atoms with Gasteiger partial charge in [0, 0.05) is 29.9 Å². The van der Waals surface area contributed by atoms with E-state index in [1.807, 2.05) is 23.7 Å². The average Bonchev–Trinajstić information content (AvgIpc) is 2.96. The van der Waals surface area contributed by atoms with E-state index >= 15 is 0 Å². The van der Waals surface area contributed by atoms with Crippen LogP contribution in [-0.4, -0.2) is 4.98 Å². The molecule has 0 spiro atoms. The summed E-state index contributed by atoms with van der Waals surface area (Å²) in [6.07, 6.45) is 6.43. The van der Waals surface area contributed by atoms with Gasteiger partial charge in [-0.15, -0.1) is 11.3 Å². The van der Waals surface area contributed by atoms with E-state index < -0.39 is 0 Å². The Morgan fingerprint density at radius 1 is 1.44 bits per heavy atom. The Balaban J connectivity index is 1.93. The second-order valence-corrected chi connectivity index (χ2v) is 4.94. The SMILES string of the molecule is CCCC(NCc1cc[nH]c1)c1cccs1. The number of aromatic nitrogens is 1. The molecule has 2 heterocycles. The van der Waals surface area contributed by atoms with Crippen LogP contribution in [0.15, 0.2) is 36.0 Å². The van der Waals surface area contributed by atoms with Crippen LogP contribution in [0, 0.1) is 0 Å². The first-order chi connectivity index (χ1) is 7.90. The van der Waals surface area contributed by atoms with Gasteiger partial charge in [-0.3, -0.25) is 0 Å². The van der Waals surface area contributed by atoms with Crippen molar-refractivity contribution in [1.82, 2.24) is 10.3 Å². The second kappa shape index (κ2) is 5.87. The molecule has 0 saturated heterocycles.